The maximum absolute atomic E-state index is 12.8. The first-order valence-electron chi connectivity index (χ1n) is 9.40. The van der Waals surface area contributed by atoms with E-state index >= 15 is 0 Å². The van der Waals surface area contributed by atoms with Gasteiger partial charge in [0.2, 0.25) is 0 Å². The standard InChI is InChI=1S/C22H21Br2F3O3/c1-5-6-14-8-18(23)20(12(3)11(14)2)28-10-15-7-16(30-22(25,26)27)9-17-19(24)13(4)29-21(15)17/h7-9H,5-6,10H2,1-4H3. The molecule has 3 aromatic rings. The van der Waals surface area contributed by atoms with Gasteiger partial charge in [-0.3, -0.25) is 0 Å². The minimum Gasteiger partial charge on any atom is -0.487 e. The Hall–Kier alpha value is -1.67. The third-order valence-electron chi connectivity index (χ3n) is 4.97. The normalized spacial score (nSPS) is 11.9. The SMILES string of the molecule is CCCc1cc(Br)c(OCc2cc(OC(F)(F)F)cc3c(Br)c(C)oc23)c(C)c1C. The van der Waals surface area contributed by atoms with E-state index in [1.807, 2.05) is 19.9 Å². The summed E-state index contributed by atoms with van der Waals surface area (Å²) in [5.74, 6) is 0.901. The molecule has 0 N–H and O–H groups in total. The highest BCUT2D eigenvalue weighted by Gasteiger charge is 2.32. The van der Waals surface area contributed by atoms with E-state index in [0.29, 0.717) is 32.5 Å². The van der Waals surface area contributed by atoms with E-state index < -0.39 is 6.36 Å². The molecule has 0 fully saturated rings. The van der Waals surface area contributed by atoms with Gasteiger partial charge in [-0.1, -0.05) is 13.3 Å². The van der Waals surface area contributed by atoms with Gasteiger partial charge in [0.15, 0.2) is 0 Å². The van der Waals surface area contributed by atoms with Crippen LogP contribution in [-0.4, -0.2) is 6.36 Å². The van der Waals surface area contributed by atoms with E-state index in [9.17, 15) is 13.2 Å². The molecule has 0 saturated carbocycles. The summed E-state index contributed by atoms with van der Waals surface area (Å²) in [6.45, 7) is 7.90. The number of furan rings is 1. The molecule has 0 aliphatic heterocycles. The highest BCUT2D eigenvalue weighted by atomic mass is 79.9. The van der Waals surface area contributed by atoms with Crippen LogP contribution in [0.3, 0.4) is 0 Å². The first-order chi connectivity index (χ1) is 14.0. The Kier molecular flexibility index (Phi) is 6.77. The molecule has 0 saturated heterocycles. The quantitative estimate of drug-likeness (QED) is 0.310. The summed E-state index contributed by atoms with van der Waals surface area (Å²) in [4.78, 5) is 0. The van der Waals surface area contributed by atoms with Gasteiger partial charge < -0.3 is 13.9 Å². The molecule has 0 unspecified atom stereocenters. The molecule has 162 valence electrons. The van der Waals surface area contributed by atoms with Gasteiger partial charge in [0, 0.05) is 10.9 Å². The van der Waals surface area contributed by atoms with Crippen LogP contribution in [0.5, 0.6) is 11.5 Å². The van der Waals surface area contributed by atoms with E-state index in [1.54, 1.807) is 6.92 Å². The average molecular weight is 550 g/mol. The predicted octanol–water partition coefficient (Wildman–Crippen LogP) is 8.31. The molecule has 0 radical (unpaired) electrons. The first kappa shape index (κ1) is 23.0. The van der Waals surface area contributed by atoms with Crippen LogP contribution in [0.2, 0.25) is 0 Å². The summed E-state index contributed by atoms with van der Waals surface area (Å²) in [5, 5.41) is 0.498. The Labute approximate surface area is 189 Å². The van der Waals surface area contributed by atoms with Gasteiger partial charge in [0.05, 0.1) is 8.95 Å². The van der Waals surface area contributed by atoms with Crippen LogP contribution in [0.4, 0.5) is 13.2 Å². The molecule has 0 aliphatic carbocycles. The highest BCUT2D eigenvalue weighted by molar-refractivity contribution is 9.11. The zero-order chi connectivity index (χ0) is 22.2. The van der Waals surface area contributed by atoms with E-state index in [2.05, 4.69) is 43.5 Å². The second-order valence-corrected chi connectivity index (χ2v) is 8.76. The molecule has 0 atom stereocenters. The van der Waals surface area contributed by atoms with Crippen molar-refractivity contribution in [2.75, 3.05) is 0 Å². The monoisotopic (exact) mass is 548 g/mol. The van der Waals surface area contributed by atoms with Crippen molar-refractivity contribution in [2.24, 2.45) is 0 Å². The smallest absolute Gasteiger partial charge is 0.487 e. The zero-order valence-corrected chi connectivity index (χ0v) is 20.1. The van der Waals surface area contributed by atoms with E-state index in [4.69, 9.17) is 9.15 Å². The van der Waals surface area contributed by atoms with Crippen molar-refractivity contribution in [2.45, 2.75) is 53.5 Å². The van der Waals surface area contributed by atoms with Crippen LogP contribution in [0.1, 0.15) is 41.4 Å². The molecule has 3 rings (SSSR count). The van der Waals surface area contributed by atoms with E-state index in [0.717, 1.165) is 28.4 Å². The summed E-state index contributed by atoms with van der Waals surface area (Å²) >= 11 is 6.94. The van der Waals surface area contributed by atoms with Crippen molar-refractivity contribution < 1.29 is 27.1 Å². The molecule has 0 amide bonds. The largest absolute Gasteiger partial charge is 0.573 e. The summed E-state index contributed by atoms with van der Waals surface area (Å²) < 4.78 is 55.7. The minimum absolute atomic E-state index is 0.0248. The fraction of sp³-hybridized carbons (Fsp3) is 0.364. The molecular weight excluding hydrogens is 529 g/mol. The van der Waals surface area contributed by atoms with Crippen LogP contribution in [-0.2, 0) is 13.0 Å². The molecule has 30 heavy (non-hydrogen) atoms. The van der Waals surface area contributed by atoms with Gasteiger partial charge in [-0.05, 0) is 93.9 Å². The van der Waals surface area contributed by atoms with Gasteiger partial charge in [-0.25, -0.2) is 0 Å². The van der Waals surface area contributed by atoms with Crippen LogP contribution >= 0.6 is 31.9 Å². The van der Waals surface area contributed by atoms with Gasteiger partial charge >= 0.3 is 6.36 Å². The number of hydrogen-bond donors (Lipinski definition) is 0. The van der Waals surface area contributed by atoms with Crippen molar-refractivity contribution in [1.82, 2.24) is 0 Å². The van der Waals surface area contributed by atoms with Crippen LogP contribution in [0.15, 0.2) is 31.6 Å². The molecule has 3 nitrogen and oxygen atoms in total. The predicted molar refractivity (Wildman–Crippen MR) is 117 cm³/mol. The van der Waals surface area contributed by atoms with Gasteiger partial charge in [0.1, 0.15) is 29.4 Å². The molecule has 0 spiro atoms. The molecular formula is C22H21Br2F3O3. The summed E-state index contributed by atoms with van der Waals surface area (Å²) in [5.41, 5.74) is 4.29. The highest BCUT2D eigenvalue weighted by Crippen LogP contribution is 2.39. The topological polar surface area (TPSA) is 31.6 Å². The number of benzene rings is 2. The molecule has 8 heteroatoms. The summed E-state index contributed by atoms with van der Waals surface area (Å²) in [7, 11) is 0. The number of fused-ring (bicyclic) bond motifs is 1. The Bertz CT molecular complexity index is 1090. The lowest BCUT2D eigenvalue weighted by molar-refractivity contribution is -0.274. The maximum atomic E-state index is 12.8. The van der Waals surface area contributed by atoms with Crippen molar-refractivity contribution in [3.63, 3.8) is 0 Å². The van der Waals surface area contributed by atoms with Gasteiger partial charge in [0.25, 0.3) is 0 Å². The van der Waals surface area contributed by atoms with Crippen LogP contribution in [0, 0.1) is 20.8 Å². The van der Waals surface area contributed by atoms with Crippen LogP contribution < -0.4 is 9.47 Å². The molecule has 0 aliphatic rings. The maximum Gasteiger partial charge on any atom is 0.573 e. The molecule has 1 aromatic heterocycles. The number of halogens is 5. The fourth-order valence-corrected chi connectivity index (χ4v) is 4.47. The number of rotatable bonds is 6. The number of hydrogen-bond acceptors (Lipinski definition) is 3. The number of aryl methyl sites for hydroxylation is 2. The zero-order valence-electron chi connectivity index (χ0n) is 17.0. The fourth-order valence-electron chi connectivity index (χ4n) is 3.40. The lowest BCUT2D eigenvalue weighted by Gasteiger charge is -2.17. The summed E-state index contributed by atoms with van der Waals surface area (Å²) in [6, 6.07) is 4.64. The second-order valence-electron chi connectivity index (χ2n) is 7.11. The molecule has 0 bridgehead atoms. The average Bonchev–Trinajstić information content (AvgIpc) is 2.93. The van der Waals surface area contributed by atoms with Gasteiger partial charge in [-0.15, -0.1) is 13.2 Å². The van der Waals surface area contributed by atoms with Crippen molar-refractivity contribution >= 4 is 42.8 Å². The number of alkyl halides is 3. The van der Waals surface area contributed by atoms with E-state index in [1.165, 1.54) is 17.7 Å². The van der Waals surface area contributed by atoms with Crippen molar-refractivity contribution in [1.29, 1.82) is 0 Å². The third kappa shape index (κ3) is 4.80. The lowest BCUT2D eigenvalue weighted by atomic mass is 9.99. The minimum atomic E-state index is -4.79. The first-order valence-corrected chi connectivity index (χ1v) is 11.0. The Morgan fingerprint density at radius 3 is 2.33 bits per heavy atom. The Balaban J connectivity index is 2.00. The van der Waals surface area contributed by atoms with Crippen LogP contribution in [0.25, 0.3) is 11.0 Å². The Morgan fingerprint density at radius 1 is 1.00 bits per heavy atom. The van der Waals surface area contributed by atoms with Crippen molar-refractivity contribution in [3.05, 3.63) is 55.2 Å². The Morgan fingerprint density at radius 2 is 1.70 bits per heavy atom. The summed E-state index contributed by atoms with van der Waals surface area (Å²) in [6.07, 6.45) is -2.80. The van der Waals surface area contributed by atoms with E-state index in [-0.39, 0.29) is 12.4 Å². The molecule has 1 heterocycles. The van der Waals surface area contributed by atoms with Gasteiger partial charge in [-0.2, -0.15) is 0 Å². The third-order valence-corrected chi connectivity index (χ3v) is 6.54. The molecule has 2 aromatic carbocycles. The van der Waals surface area contributed by atoms with Crippen molar-refractivity contribution in [3.8, 4) is 11.5 Å². The second kappa shape index (κ2) is 8.83. The lowest BCUT2D eigenvalue weighted by Crippen LogP contribution is -2.17. The number of ether oxygens (including phenoxy) is 2.